The van der Waals surface area contributed by atoms with E-state index in [9.17, 15) is 15.0 Å². The summed E-state index contributed by atoms with van der Waals surface area (Å²) in [6.45, 7) is 4.60. The maximum Gasteiger partial charge on any atom is 0.184 e. The zero-order chi connectivity index (χ0) is 16.4. The van der Waals surface area contributed by atoms with E-state index in [0.717, 1.165) is 44.8 Å². The summed E-state index contributed by atoms with van der Waals surface area (Å²) in [5, 5.41) is 19.9. The van der Waals surface area contributed by atoms with Crippen molar-refractivity contribution in [2.75, 3.05) is 0 Å². The van der Waals surface area contributed by atoms with Gasteiger partial charge in [-0.15, -0.1) is 0 Å². The second-order valence-corrected chi connectivity index (χ2v) is 8.84. The second kappa shape index (κ2) is 4.95. The maximum atomic E-state index is 12.1. The average molecular weight is 316 g/mol. The third kappa shape index (κ3) is 1.95. The normalized spacial score (nSPS) is 51.0. The molecule has 0 aromatic rings. The molecule has 0 spiro atoms. The Bertz CT molecular complexity index is 604. The number of rotatable bonds is 0. The van der Waals surface area contributed by atoms with Crippen LogP contribution in [0.1, 0.15) is 58.8 Å². The van der Waals surface area contributed by atoms with E-state index < -0.39 is 0 Å². The molecule has 0 aromatic heterocycles. The van der Waals surface area contributed by atoms with Crippen LogP contribution in [-0.4, -0.2) is 22.1 Å². The van der Waals surface area contributed by atoms with Crippen molar-refractivity contribution >= 4 is 5.78 Å². The fourth-order valence-electron chi connectivity index (χ4n) is 6.62. The molecule has 4 rings (SSSR count). The van der Waals surface area contributed by atoms with Crippen LogP contribution < -0.4 is 0 Å². The molecule has 0 bridgehead atoms. The van der Waals surface area contributed by atoms with Gasteiger partial charge in [-0.05, 0) is 79.6 Å². The van der Waals surface area contributed by atoms with Crippen LogP contribution in [0.15, 0.2) is 23.5 Å². The minimum atomic E-state index is -0.140. The first kappa shape index (κ1) is 15.4. The summed E-state index contributed by atoms with van der Waals surface area (Å²) < 4.78 is 0. The summed E-state index contributed by atoms with van der Waals surface area (Å²) in [7, 11) is 0. The molecule has 0 amide bonds. The van der Waals surface area contributed by atoms with Crippen molar-refractivity contribution in [3.63, 3.8) is 0 Å². The minimum absolute atomic E-state index is 0.00430. The average Bonchev–Trinajstić information content (AvgIpc) is 2.83. The van der Waals surface area contributed by atoms with E-state index in [1.165, 1.54) is 5.57 Å². The monoisotopic (exact) mass is 316 g/mol. The topological polar surface area (TPSA) is 57.5 Å². The zero-order valence-electron chi connectivity index (χ0n) is 14.2. The highest BCUT2D eigenvalue weighted by Gasteiger charge is 2.59. The zero-order valence-corrected chi connectivity index (χ0v) is 14.2. The molecule has 23 heavy (non-hydrogen) atoms. The molecule has 3 heteroatoms. The quantitative estimate of drug-likeness (QED) is 0.526. The summed E-state index contributed by atoms with van der Waals surface area (Å²) >= 11 is 0. The number of carbonyl (C=O) groups is 1. The van der Waals surface area contributed by atoms with Gasteiger partial charge >= 0.3 is 0 Å². The molecule has 0 radical (unpaired) electrons. The number of carbonyl (C=O) groups excluding carboxylic acids is 1. The van der Waals surface area contributed by atoms with E-state index in [1.54, 1.807) is 6.08 Å². The number of aliphatic hydroxyl groups is 2. The lowest BCUT2D eigenvalue weighted by Gasteiger charge is -2.57. The van der Waals surface area contributed by atoms with Crippen LogP contribution in [0.25, 0.3) is 0 Å². The van der Waals surface area contributed by atoms with Gasteiger partial charge in [-0.3, -0.25) is 4.79 Å². The fourth-order valence-corrected chi connectivity index (χ4v) is 6.62. The number of aliphatic hydroxyl groups excluding tert-OH is 2. The highest BCUT2D eigenvalue weighted by Crippen LogP contribution is 2.65. The van der Waals surface area contributed by atoms with E-state index in [1.807, 2.05) is 0 Å². The molecule has 0 saturated heterocycles. The number of ketones is 1. The number of hydrogen-bond acceptors (Lipinski definition) is 3. The predicted octanol–water partition coefficient (Wildman–Crippen LogP) is 3.93. The molecule has 6 atom stereocenters. The van der Waals surface area contributed by atoms with Gasteiger partial charge in [0, 0.05) is 5.57 Å². The number of hydrogen-bond donors (Lipinski definition) is 2. The molecule has 0 aliphatic heterocycles. The molecule has 0 aromatic carbocycles. The van der Waals surface area contributed by atoms with Gasteiger partial charge in [0.25, 0.3) is 0 Å². The summed E-state index contributed by atoms with van der Waals surface area (Å²) in [5.74, 6) is 1.85. The predicted molar refractivity (Wildman–Crippen MR) is 88.8 cm³/mol. The van der Waals surface area contributed by atoms with E-state index >= 15 is 0 Å². The van der Waals surface area contributed by atoms with Crippen LogP contribution in [0.5, 0.6) is 0 Å². The van der Waals surface area contributed by atoms with Crippen molar-refractivity contribution in [2.45, 2.75) is 64.9 Å². The van der Waals surface area contributed by atoms with Crippen LogP contribution in [0.3, 0.4) is 0 Å². The second-order valence-electron chi connectivity index (χ2n) is 8.84. The van der Waals surface area contributed by atoms with Gasteiger partial charge in [0.2, 0.25) is 0 Å². The van der Waals surface area contributed by atoms with Crippen LogP contribution in [0, 0.1) is 28.6 Å². The molecule has 126 valence electrons. The Labute approximate surface area is 138 Å². The van der Waals surface area contributed by atoms with Gasteiger partial charge in [0.15, 0.2) is 5.78 Å². The van der Waals surface area contributed by atoms with Gasteiger partial charge in [0.1, 0.15) is 0 Å². The first-order chi connectivity index (χ1) is 10.9. The van der Waals surface area contributed by atoms with Gasteiger partial charge in [-0.1, -0.05) is 19.4 Å². The van der Waals surface area contributed by atoms with E-state index in [0.29, 0.717) is 29.7 Å². The van der Waals surface area contributed by atoms with Crippen molar-refractivity contribution in [3.8, 4) is 0 Å². The molecule has 6 unspecified atom stereocenters. The van der Waals surface area contributed by atoms with Crippen molar-refractivity contribution in [2.24, 2.45) is 28.6 Å². The lowest BCUT2D eigenvalue weighted by atomic mass is 9.47. The molecule has 2 N–H and O–H groups in total. The summed E-state index contributed by atoms with van der Waals surface area (Å²) in [4.78, 5) is 12.1. The molecule has 3 fully saturated rings. The molecule has 3 nitrogen and oxygen atoms in total. The van der Waals surface area contributed by atoms with Crippen molar-refractivity contribution < 1.29 is 15.0 Å². The van der Waals surface area contributed by atoms with E-state index in [2.05, 4.69) is 13.8 Å². The third-order valence-corrected chi connectivity index (χ3v) is 8.02. The van der Waals surface area contributed by atoms with Crippen molar-refractivity contribution in [3.05, 3.63) is 23.5 Å². The Morgan fingerprint density at radius 2 is 1.96 bits per heavy atom. The Kier molecular flexibility index (Phi) is 3.32. The lowest BCUT2D eigenvalue weighted by Crippen LogP contribution is -2.51. The Morgan fingerprint density at radius 3 is 2.70 bits per heavy atom. The van der Waals surface area contributed by atoms with Crippen LogP contribution in [0.4, 0.5) is 0 Å². The maximum absolute atomic E-state index is 12.1. The molecular formula is C20H28O3. The van der Waals surface area contributed by atoms with Gasteiger partial charge < -0.3 is 10.2 Å². The number of fused-ring (bicyclic) bond motifs is 5. The van der Waals surface area contributed by atoms with Crippen molar-refractivity contribution in [1.29, 1.82) is 0 Å². The van der Waals surface area contributed by atoms with E-state index in [4.69, 9.17) is 0 Å². The molecule has 3 saturated carbocycles. The first-order valence-corrected chi connectivity index (χ1v) is 9.17. The van der Waals surface area contributed by atoms with Crippen molar-refractivity contribution in [1.82, 2.24) is 0 Å². The van der Waals surface area contributed by atoms with Gasteiger partial charge in [-0.25, -0.2) is 0 Å². The summed E-state index contributed by atoms with van der Waals surface area (Å²) in [5.41, 5.74) is 1.98. The van der Waals surface area contributed by atoms with Crippen LogP contribution in [0.2, 0.25) is 0 Å². The Balaban J connectivity index is 1.71. The smallest absolute Gasteiger partial charge is 0.184 e. The minimum Gasteiger partial charge on any atom is -0.515 e. The molecule has 0 heterocycles. The number of allylic oxidation sites excluding steroid dienone is 2. The Hall–Kier alpha value is -1.09. The SMILES string of the molecule is CC12C/C(=C\O)C(=O)C=C1CCC1C2CCC2(C)C(O)CCC12. The standard InChI is InChI=1S/C20H28O3/c1-19-8-7-16-14(15(19)5-6-18(19)23)4-3-13-9-17(22)12(11-21)10-20(13,16)2/h9,11,14-16,18,21,23H,3-8,10H2,1-2H3/b12-11+. The molecular weight excluding hydrogens is 288 g/mol. The first-order valence-electron chi connectivity index (χ1n) is 9.17. The third-order valence-electron chi connectivity index (χ3n) is 8.02. The van der Waals surface area contributed by atoms with E-state index in [-0.39, 0.29) is 22.7 Å². The van der Waals surface area contributed by atoms with Crippen LogP contribution >= 0.6 is 0 Å². The molecule has 4 aliphatic carbocycles. The van der Waals surface area contributed by atoms with Crippen LogP contribution in [-0.2, 0) is 4.79 Å². The largest absolute Gasteiger partial charge is 0.515 e. The highest BCUT2D eigenvalue weighted by atomic mass is 16.3. The van der Waals surface area contributed by atoms with Gasteiger partial charge in [0.05, 0.1) is 12.4 Å². The highest BCUT2D eigenvalue weighted by molar-refractivity contribution is 6.05. The summed E-state index contributed by atoms with van der Waals surface area (Å²) in [6.07, 6.45) is 9.86. The summed E-state index contributed by atoms with van der Waals surface area (Å²) in [6, 6.07) is 0. The molecule has 4 aliphatic rings. The Morgan fingerprint density at radius 1 is 1.17 bits per heavy atom. The van der Waals surface area contributed by atoms with Gasteiger partial charge in [-0.2, -0.15) is 0 Å². The lowest BCUT2D eigenvalue weighted by molar-refractivity contribution is -0.113. The fraction of sp³-hybridized carbons (Fsp3) is 0.750.